The lowest BCUT2D eigenvalue weighted by Crippen LogP contribution is -2.22. The van der Waals surface area contributed by atoms with Gasteiger partial charge < -0.3 is 19.3 Å². The summed E-state index contributed by atoms with van der Waals surface area (Å²) in [7, 11) is 4.27. The summed E-state index contributed by atoms with van der Waals surface area (Å²) < 4.78 is 11.0. The minimum Gasteiger partial charge on any atom is -0.462 e. The molecule has 0 aliphatic carbocycles. The maximum atomic E-state index is 12.6. The van der Waals surface area contributed by atoms with E-state index in [2.05, 4.69) is 37.7 Å². The highest BCUT2D eigenvalue weighted by atomic mass is 16.5. The first-order valence-electron chi connectivity index (χ1n) is 18.3. The van der Waals surface area contributed by atoms with E-state index in [9.17, 15) is 9.59 Å². The quantitative estimate of drug-likeness (QED) is 0.0633. The van der Waals surface area contributed by atoms with E-state index >= 15 is 0 Å². The fourth-order valence-electron chi connectivity index (χ4n) is 5.55. The van der Waals surface area contributed by atoms with Crippen LogP contribution in [0.3, 0.4) is 0 Å². The third-order valence-electron chi connectivity index (χ3n) is 8.46. The molecule has 1 aromatic carbocycles. The lowest BCUT2D eigenvalue weighted by atomic mass is 10.1. The minimum absolute atomic E-state index is 0.377. The molecule has 0 radical (unpaired) electrons. The minimum atomic E-state index is -0.389. The number of benzene rings is 1. The van der Waals surface area contributed by atoms with E-state index in [0.29, 0.717) is 24.3 Å². The predicted octanol–water partition coefficient (Wildman–Crippen LogP) is 9.71. The number of esters is 2. The van der Waals surface area contributed by atoms with Gasteiger partial charge in [-0.1, -0.05) is 123 Å². The number of carbonyl (C=O) groups excluding carboxylic acids is 2. The van der Waals surface area contributed by atoms with Crippen molar-refractivity contribution in [2.45, 2.75) is 142 Å². The third kappa shape index (κ3) is 22.6. The second-order valence-electron chi connectivity index (χ2n) is 12.8. The van der Waals surface area contributed by atoms with Crippen molar-refractivity contribution >= 4 is 11.9 Å². The molecule has 0 spiro atoms. The number of unbranched alkanes of at least 4 members (excludes halogenated alkanes) is 16. The highest BCUT2D eigenvalue weighted by molar-refractivity contribution is 5.95. The zero-order valence-corrected chi connectivity index (χ0v) is 29.2. The molecule has 1 rings (SSSR count). The first kappa shape index (κ1) is 40.1. The first-order valence-corrected chi connectivity index (χ1v) is 18.3. The molecule has 0 atom stereocenters. The Morgan fingerprint density at radius 1 is 0.500 bits per heavy atom. The molecule has 0 aliphatic rings. The zero-order chi connectivity index (χ0) is 32.1. The van der Waals surface area contributed by atoms with Crippen LogP contribution in [0.15, 0.2) is 24.3 Å². The van der Waals surface area contributed by atoms with Crippen molar-refractivity contribution in [3.05, 3.63) is 35.4 Å². The van der Waals surface area contributed by atoms with Gasteiger partial charge in [-0.15, -0.1) is 0 Å². The normalized spacial score (nSPS) is 11.4. The van der Waals surface area contributed by atoms with Crippen molar-refractivity contribution in [2.24, 2.45) is 0 Å². The summed E-state index contributed by atoms with van der Waals surface area (Å²) in [6, 6.07) is 6.68. The first-order chi connectivity index (χ1) is 21.5. The van der Waals surface area contributed by atoms with Gasteiger partial charge in [0.1, 0.15) is 0 Å². The monoisotopic (exact) mass is 617 g/mol. The Labute approximate surface area is 271 Å². The van der Waals surface area contributed by atoms with Crippen LogP contribution in [0.25, 0.3) is 0 Å². The molecule has 1 aromatic rings. The number of carbonyl (C=O) groups is 2. The van der Waals surface area contributed by atoms with E-state index in [1.165, 1.54) is 116 Å². The van der Waals surface area contributed by atoms with Crippen LogP contribution in [0, 0.1) is 0 Å². The zero-order valence-electron chi connectivity index (χ0n) is 29.2. The van der Waals surface area contributed by atoms with Crippen LogP contribution >= 0.6 is 0 Å². The van der Waals surface area contributed by atoms with Crippen LogP contribution in [-0.4, -0.2) is 75.2 Å². The summed E-state index contributed by atoms with van der Waals surface area (Å²) in [6.07, 6.45) is 25.7. The number of rotatable bonds is 30. The molecule has 0 aliphatic heterocycles. The van der Waals surface area contributed by atoms with E-state index in [1.54, 1.807) is 24.3 Å². The van der Waals surface area contributed by atoms with Gasteiger partial charge in [-0.2, -0.15) is 0 Å². The van der Waals surface area contributed by atoms with Gasteiger partial charge in [0, 0.05) is 13.1 Å². The molecular weight excluding hydrogens is 548 g/mol. The van der Waals surface area contributed by atoms with Gasteiger partial charge in [0.2, 0.25) is 0 Å². The molecule has 0 aromatic heterocycles. The summed E-state index contributed by atoms with van der Waals surface area (Å²) in [6.45, 7) is 9.27. The Balaban J connectivity index is 2.11. The number of hydrogen-bond donors (Lipinski definition) is 0. The summed E-state index contributed by atoms with van der Waals surface area (Å²) in [5, 5.41) is 0. The topological polar surface area (TPSA) is 59.1 Å². The van der Waals surface area contributed by atoms with Gasteiger partial charge in [-0.25, -0.2) is 9.59 Å². The van der Waals surface area contributed by atoms with Crippen molar-refractivity contribution < 1.29 is 19.1 Å². The Kier molecular flexibility index (Phi) is 26.0. The highest BCUT2D eigenvalue weighted by Gasteiger charge is 2.13. The maximum absolute atomic E-state index is 12.6. The van der Waals surface area contributed by atoms with Crippen molar-refractivity contribution in [3.8, 4) is 0 Å². The lowest BCUT2D eigenvalue weighted by Gasteiger charge is -2.16. The van der Waals surface area contributed by atoms with Crippen molar-refractivity contribution in [2.75, 3.05) is 53.5 Å². The van der Waals surface area contributed by atoms with Gasteiger partial charge in [-0.3, -0.25) is 0 Å². The second-order valence-corrected chi connectivity index (χ2v) is 12.8. The van der Waals surface area contributed by atoms with Gasteiger partial charge >= 0.3 is 11.9 Å². The molecule has 6 heteroatoms. The molecule has 0 saturated carbocycles. The SMILES string of the molecule is CCCCCCCCCCCN(C)CCCOC(=O)c1cccc(C(=O)OCCCN(C)CCCCCCCCCCC)c1. The third-order valence-corrected chi connectivity index (χ3v) is 8.46. The van der Waals surface area contributed by atoms with Crippen LogP contribution in [0.4, 0.5) is 0 Å². The molecule has 0 bridgehead atoms. The number of hydrogen-bond acceptors (Lipinski definition) is 6. The smallest absolute Gasteiger partial charge is 0.338 e. The Morgan fingerprint density at radius 3 is 1.18 bits per heavy atom. The molecule has 0 saturated heterocycles. The van der Waals surface area contributed by atoms with Crippen LogP contribution in [0.1, 0.15) is 163 Å². The summed E-state index contributed by atoms with van der Waals surface area (Å²) in [5.74, 6) is -0.779. The van der Waals surface area contributed by atoms with Crippen LogP contribution in [-0.2, 0) is 9.47 Å². The molecule has 0 fully saturated rings. The van der Waals surface area contributed by atoms with E-state index < -0.39 is 0 Å². The number of ether oxygens (including phenoxy) is 2. The maximum Gasteiger partial charge on any atom is 0.338 e. The highest BCUT2D eigenvalue weighted by Crippen LogP contribution is 2.12. The van der Waals surface area contributed by atoms with Gasteiger partial charge in [0.05, 0.1) is 24.3 Å². The lowest BCUT2D eigenvalue weighted by molar-refractivity contribution is 0.0489. The standard InChI is InChI=1S/C38H68N2O4/c1-5-7-9-11-13-15-17-19-21-28-39(3)30-24-32-43-37(41)35-26-23-27-36(34-35)38(42)44-33-25-31-40(4)29-22-20-18-16-14-12-10-8-6-2/h23,26-27,34H,5-22,24-25,28-33H2,1-4H3. The van der Waals surface area contributed by atoms with Crippen molar-refractivity contribution in [3.63, 3.8) is 0 Å². The Hall–Kier alpha value is -1.92. The average Bonchev–Trinajstić information content (AvgIpc) is 3.03. The van der Waals surface area contributed by atoms with Crippen LogP contribution in [0.2, 0.25) is 0 Å². The Morgan fingerprint density at radius 2 is 0.818 bits per heavy atom. The van der Waals surface area contributed by atoms with E-state index in [-0.39, 0.29) is 11.9 Å². The molecule has 254 valence electrons. The van der Waals surface area contributed by atoms with Crippen molar-refractivity contribution in [1.29, 1.82) is 0 Å². The molecule has 0 heterocycles. The fraction of sp³-hybridized carbons (Fsp3) is 0.789. The second kappa shape index (κ2) is 28.5. The largest absolute Gasteiger partial charge is 0.462 e. The van der Waals surface area contributed by atoms with E-state index in [4.69, 9.17) is 9.47 Å². The average molecular weight is 617 g/mol. The summed E-state index contributed by atoms with van der Waals surface area (Å²) in [5.41, 5.74) is 0.784. The fourth-order valence-corrected chi connectivity index (χ4v) is 5.55. The van der Waals surface area contributed by atoms with E-state index in [0.717, 1.165) is 39.0 Å². The van der Waals surface area contributed by atoms with E-state index in [1.807, 2.05) is 0 Å². The molecule has 0 amide bonds. The Bertz CT molecular complexity index is 768. The molecule has 44 heavy (non-hydrogen) atoms. The number of nitrogens with zero attached hydrogens (tertiary/aromatic N) is 2. The summed E-state index contributed by atoms with van der Waals surface area (Å²) in [4.78, 5) is 29.8. The van der Waals surface area contributed by atoms with Gasteiger partial charge in [0.15, 0.2) is 0 Å². The van der Waals surface area contributed by atoms with Crippen LogP contribution < -0.4 is 0 Å². The predicted molar refractivity (Wildman–Crippen MR) is 186 cm³/mol. The summed E-state index contributed by atoms with van der Waals surface area (Å²) >= 11 is 0. The van der Waals surface area contributed by atoms with Crippen molar-refractivity contribution in [1.82, 2.24) is 9.80 Å². The van der Waals surface area contributed by atoms with Gasteiger partial charge in [-0.05, 0) is 71.1 Å². The van der Waals surface area contributed by atoms with Gasteiger partial charge in [0.25, 0.3) is 0 Å². The van der Waals surface area contributed by atoms with Crippen LogP contribution in [0.5, 0.6) is 0 Å². The molecular formula is C38H68N2O4. The molecule has 0 unspecified atom stereocenters. The molecule has 6 nitrogen and oxygen atoms in total. The molecule has 0 N–H and O–H groups in total.